The molecule has 0 aliphatic carbocycles. The van der Waals surface area contributed by atoms with Gasteiger partial charge >= 0.3 is 0 Å². The number of pyridine rings is 1. The summed E-state index contributed by atoms with van der Waals surface area (Å²) in [5, 5.41) is 2.96. The lowest BCUT2D eigenvalue weighted by Gasteiger charge is -2.08. The van der Waals surface area contributed by atoms with Gasteiger partial charge < -0.3 is 11.5 Å². The van der Waals surface area contributed by atoms with Crippen LogP contribution in [0.3, 0.4) is 0 Å². The largest absolute Gasteiger partial charge is 0.399 e. The number of hydrogen-bond acceptors (Lipinski definition) is 6. The third kappa shape index (κ3) is 3.12. The molecular weight excluding hydrogens is 390 g/mol. The predicted molar refractivity (Wildman–Crippen MR) is 117 cm³/mol. The number of sulfone groups is 1. The molecule has 2 aromatic carbocycles. The van der Waals surface area contributed by atoms with Crippen molar-refractivity contribution >= 4 is 42.8 Å². The van der Waals surface area contributed by atoms with Crippen molar-refractivity contribution in [3.05, 3.63) is 60.1 Å². The summed E-state index contributed by atoms with van der Waals surface area (Å²) in [7, 11) is -3.23. The molecule has 4 aromatic rings. The maximum absolute atomic E-state index is 12.1. The number of thiophene rings is 1. The topological polar surface area (TPSA) is 99.1 Å². The second-order valence-electron chi connectivity index (χ2n) is 6.46. The minimum absolute atomic E-state index is 0.0793. The highest BCUT2D eigenvalue weighted by Gasteiger charge is 2.16. The monoisotopic (exact) mass is 409 g/mol. The Labute approximate surface area is 167 Å². The second-order valence-corrected chi connectivity index (χ2v) is 9.62. The minimum atomic E-state index is -3.23. The zero-order valence-electron chi connectivity index (χ0n) is 15.2. The first-order valence-corrected chi connectivity index (χ1v) is 11.3. The van der Waals surface area contributed by atoms with Crippen LogP contribution in [-0.2, 0) is 9.84 Å². The van der Waals surface area contributed by atoms with Crippen LogP contribution in [0, 0.1) is 0 Å². The van der Waals surface area contributed by atoms with Gasteiger partial charge in [-0.1, -0.05) is 31.2 Å². The van der Waals surface area contributed by atoms with Crippen molar-refractivity contribution < 1.29 is 8.42 Å². The van der Waals surface area contributed by atoms with Gasteiger partial charge in [0.2, 0.25) is 0 Å². The maximum Gasteiger partial charge on any atom is 0.178 e. The standard InChI is InChI=1S/C21H19N3O2S2/c1-2-28(25,26)16-9-5-13(6-10-16)17-11-24-21(23)19-18(12-27-20(17)19)14-3-7-15(22)8-4-14/h3-12H,2,22H2,1H3,(H2,23,24). The Bertz CT molecular complexity index is 1260. The highest BCUT2D eigenvalue weighted by molar-refractivity contribution is 7.91. The molecule has 0 aliphatic rings. The fraction of sp³-hybridized carbons (Fsp3) is 0.0952. The lowest BCUT2D eigenvalue weighted by atomic mass is 10.0. The Morgan fingerprint density at radius 1 is 0.929 bits per heavy atom. The molecular formula is C21H19N3O2S2. The van der Waals surface area contributed by atoms with Crippen molar-refractivity contribution in [1.82, 2.24) is 4.98 Å². The van der Waals surface area contributed by atoms with Gasteiger partial charge in [0.05, 0.1) is 10.6 Å². The lowest BCUT2D eigenvalue weighted by Crippen LogP contribution is -2.03. The van der Waals surface area contributed by atoms with Gasteiger partial charge in [-0.3, -0.25) is 0 Å². The van der Waals surface area contributed by atoms with E-state index in [4.69, 9.17) is 11.5 Å². The molecule has 4 N–H and O–H groups in total. The molecule has 7 heteroatoms. The van der Waals surface area contributed by atoms with Crippen molar-refractivity contribution in [1.29, 1.82) is 0 Å². The van der Waals surface area contributed by atoms with E-state index in [0.29, 0.717) is 16.4 Å². The van der Waals surface area contributed by atoms with Crippen LogP contribution in [0.4, 0.5) is 11.5 Å². The third-order valence-electron chi connectivity index (χ3n) is 4.75. The van der Waals surface area contributed by atoms with E-state index < -0.39 is 9.84 Å². The van der Waals surface area contributed by atoms with Crippen molar-refractivity contribution in [3.63, 3.8) is 0 Å². The van der Waals surface area contributed by atoms with E-state index in [1.807, 2.05) is 36.4 Å². The summed E-state index contributed by atoms with van der Waals surface area (Å²) in [6.07, 6.45) is 1.74. The smallest absolute Gasteiger partial charge is 0.178 e. The number of rotatable bonds is 4. The first kappa shape index (κ1) is 18.5. The fourth-order valence-corrected chi connectivity index (χ4v) is 5.16. The predicted octanol–water partition coefficient (Wildman–Crippen LogP) is 4.59. The van der Waals surface area contributed by atoms with Crippen LogP contribution in [-0.4, -0.2) is 19.2 Å². The van der Waals surface area contributed by atoms with Gasteiger partial charge in [0.25, 0.3) is 0 Å². The van der Waals surface area contributed by atoms with Crippen LogP contribution in [0.2, 0.25) is 0 Å². The van der Waals surface area contributed by atoms with Gasteiger partial charge in [-0.05, 0) is 40.8 Å². The van der Waals surface area contributed by atoms with Crippen LogP contribution >= 0.6 is 11.3 Å². The first-order chi connectivity index (χ1) is 13.4. The molecule has 0 unspecified atom stereocenters. The Kier molecular flexibility index (Phi) is 4.56. The number of fused-ring (bicyclic) bond motifs is 1. The van der Waals surface area contributed by atoms with Crippen LogP contribution < -0.4 is 11.5 Å². The number of nitrogen functional groups attached to an aromatic ring is 2. The summed E-state index contributed by atoms with van der Waals surface area (Å²) in [4.78, 5) is 4.71. The first-order valence-electron chi connectivity index (χ1n) is 8.75. The zero-order valence-corrected chi connectivity index (χ0v) is 16.8. The Hall–Kier alpha value is -2.90. The SMILES string of the molecule is CCS(=O)(=O)c1ccc(-c2cnc(N)c3c(-c4ccc(N)cc4)csc23)cc1. The van der Waals surface area contributed by atoms with Crippen molar-refractivity contribution in [2.45, 2.75) is 11.8 Å². The molecule has 0 spiro atoms. The number of nitrogens with two attached hydrogens (primary N) is 2. The molecule has 0 bridgehead atoms. The number of benzene rings is 2. The Morgan fingerprint density at radius 2 is 1.54 bits per heavy atom. The van der Waals surface area contributed by atoms with Gasteiger partial charge in [0.1, 0.15) is 5.82 Å². The molecule has 2 heterocycles. The summed E-state index contributed by atoms with van der Waals surface area (Å²) < 4.78 is 25.1. The summed E-state index contributed by atoms with van der Waals surface area (Å²) in [5.74, 6) is 0.549. The summed E-state index contributed by atoms with van der Waals surface area (Å²) in [5.41, 5.74) is 16.6. The van der Waals surface area contributed by atoms with E-state index in [9.17, 15) is 8.42 Å². The summed E-state index contributed by atoms with van der Waals surface area (Å²) in [6, 6.07) is 14.6. The van der Waals surface area contributed by atoms with Gasteiger partial charge in [-0.2, -0.15) is 0 Å². The molecule has 0 atom stereocenters. The van der Waals surface area contributed by atoms with Crippen molar-refractivity contribution in [2.75, 3.05) is 17.2 Å². The average Bonchev–Trinajstić information content (AvgIpc) is 3.15. The maximum atomic E-state index is 12.1. The molecule has 0 saturated carbocycles. The number of anilines is 2. The lowest BCUT2D eigenvalue weighted by molar-refractivity contribution is 0.597. The number of nitrogens with zero attached hydrogens (tertiary/aromatic N) is 1. The van der Waals surface area contributed by atoms with Gasteiger partial charge in [-0.25, -0.2) is 13.4 Å². The van der Waals surface area contributed by atoms with Gasteiger partial charge in [-0.15, -0.1) is 11.3 Å². The number of hydrogen-bond donors (Lipinski definition) is 2. The highest BCUT2D eigenvalue weighted by atomic mass is 32.2. The number of aromatic nitrogens is 1. The molecule has 4 rings (SSSR count). The van der Waals surface area contributed by atoms with E-state index in [-0.39, 0.29) is 5.75 Å². The zero-order chi connectivity index (χ0) is 19.9. The molecule has 142 valence electrons. The average molecular weight is 410 g/mol. The van der Waals surface area contributed by atoms with Crippen molar-refractivity contribution in [3.8, 4) is 22.3 Å². The van der Waals surface area contributed by atoms with E-state index in [1.165, 1.54) is 0 Å². The van der Waals surface area contributed by atoms with E-state index in [0.717, 1.165) is 32.3 Å². The minimum Gasteiger partial charge on any atom is -0.399 e. The van der Waals surface area contributed by atoms with Crippen LogP contribution in [0.1, 0.15) is 6.92 Å². The quantitative estimate of drug-likeness (QED) is 0.480. The summed E-state index contributed by atoms with van der Waals surface area (Å²) >= 11 is 1.59. The van der Waals surface area contributed by atoms with E-state index >= 15 is 0 Å². The second kappa shape index (κ2) is 6.92. The van der Waals surface area contributed by atoms with Crippen LogP contribution in [0.5, 0.6) is 0 Å². The molecule has 28 heavy (non-hydrogen) atoms. The third-order valence-corrected chi connectivity index (χ3v) is 7.51. The summed E-state index contributed by atoms with van der Waals surface area (Å²) in [6.45, 7) is 1.64. The van der Waals surface area contributed by atoms with Gasteiger partial charge in [0.15, 0.2) is 9.84 Å². The fourth-order valence-electron chi connectivity index (χ4n) is 3.16. The van der Waals surface area contributed by atoms with E-state index in [2.05, 4.69) is 10.4 Å². The van der Waals surface area contributed by atoms with Gasteiger partial charge in [0, 0.05) is 33.1 Å². The normalized spacial score (nSPS) is 11.8. The molecule has 5 nitrogen and oxygen atoms in total. The molecule has 0 radical (unpaired) electrons. The Morgan fingerprint density at radius 3 is 2.18 bits per heavy atom. The van der Waals surface area contributed by atoms with Crippen molar-refractivity contribution in [2.24, 2.45) is 0 Å². The highest BCUT2D eigenvalue weighted by Crippen LogP contribution is 2.41. The molecule has 2 aromatic heterocycles. The van der Waals surface area contributed by atoms with Crippen LogP contribution in [0.15, 0.2) is 65.0 Å². The van der Waals surface area contributed by atoms with E-state index in [1.54, 1.807) is 36.6 Å². The molecule has 0 fully saturated rings. The Balaban J connectivity index is 1.86. The molecule has 0 saturated heterocycles. The molecule has 0 aliphatic heterocycles. The van der Waals surface area contributed by atoms with Crippen LogP contribution in [0.25, 0.3) is 32.3 Å². The molecule has 0 amide bonds.